The van der Waals surface area contributed by atoms with Crippen molar-refractivity contribution >= 4 is 23.4 Å². The number of nitrogens with one attached hydrogen (secondary N) is 1. The molecule has 0 atom stereocenters. The number of nitrogens with two attached hydrogens (primary N) is 1. The maximum absolute atomic E-state index is 11.8. The molecule has 1 aromatic carbocycles. The summed E-state index contributed by atoms with van der Waals surface area (Å²) in [7, 11) is 0. The summed E-state index contributed by atoms with van der Waals surface area (Å²) in [6, 6.07) is 5.38. The van der Waals surface area contributed by atoms with Crippen LogP contribution in [0.5, 0.6) is 0 Å². The van der Waals surface area contributed by atoms with Crippen molar-refractivity contribution in [2.45, 2.75) is 6.92 Å². The van der Waals surface area contributed by atoms with Crippen LogP contribution in [0.15, 0.2) is 43.0 Å². The Kier molecular flexibility index (Phi) is 3.87. The average molecular weight is 254 g/mol. The van der Waals surface area contributed by atoms with Gasteiger partial charge in [0.2, 0.25) is 5.91 Å². The molecule has 0 bridgehead atoms. The molecule has 96 valence electrons. The number of rotatable bonds is 3. The Morgan fingerprint density at radius 1 is 1.32 bits per heavy atom. The molecule has 1 heterocycles. The van der Waals surface area contributed by atoms with Gasteiger partial charge < -0.3 is 11.1 Å². The summed E-state index contributed by atoms with van der Waals surface area (Å²) < 4.78 is 0. The van der Waals surface area contributed by atoms with Crippen molar-refractivity contribution in [3.05, 3.63) is 54.1 Å². The van der Waals surface area contributed by atoms with Crippen LogP contribution in [0.1, 0.15) is 11.1 Å². The van der Waals surface area contributed by atoms with E-state index in [0.29, 0.717) is 11.4 Å². The van der Waals surface area contributed by atoms with Gasteiger partial charge in [0.1, 0.15) is 6.33 Å². The summed E-state index contributed by atoms with van der Waals surface area (Å²) in [6.07, 6.45) is 7.77. The van der Waals surface area contributed by atoms with Crippen LogP contribution in [0, 0.1) is 6.92 Å². The van der Waals surface area contributed by atoms with Gasteiger partial charge in [-0.2, -0.15) is 0 Å². The molecule has 19 heavy (non-hydrogen) atoms. The Morgan fingerprint density at radius 2 is 2.05 bits per heavy atom. The summed E-state index contributed by atoms with van der Waals surface area (Å²) in [5, 5.41) is 2.77. The molecule has 0 aliphatic carbocycles. The number of aromatic nitrogens is 2. The molecule has 0 aliphatic heterocycles. The molecule has 5 heteroatoms. The highest BCUT2D eigenvalue weighted by Crippen LogP contribution is 2.18. The molecule has 0 saturated carbocycles. The summed E-state index contributed by atoms with van der Waals surface area (Å²) in [4.78, 5) is 19.5. The Morgan fingerprint density at radius 3 is 2.79 bits per heavy atom. The van der Waals surface area contributed by atoms with Crippen LogP contribution in [-0.4, -0.2) is 15.9 Å². The molecule has 0 spiro atoms. The highest BCUT2D eigenvalue weighted by atomic mass is 16.1. The molecular formula is C14H14N4O. The van der Waals surface area contributed by atoms with Gasteiger partial charge in [-0.3, -0.25) is 4.79 Å². The third kappa shape index (κ3) is 3.64. The number of nitrogens with zero attached hydrogens (tertiary/aromatic N) is 2. The number of carbonyl (C=O) groups excluding carboxylic acids is 1. The van der Waals surface area contributed by atoms with E-state index in [9.17, 15) is 4.79 Å². The van der Waals surface area contributed by atoms with Gasteiger partial charge in [0.25, 0.3) is 0 Å². The molecule has 0 fully saturated rings. The SMILES string of the molecule is Cc1ccc(N)cc1NC(=O)/C=C\c1cncnc1. The van der Waals surface area contributed by atoms with Crippen molar-refractivity contribution in [3.8, 4) is 0 Å². The molecule has 5 nitrogen and oxygen atoms in total. The molecule has 2 aromatic rings. The molecular weight excluding hydrogens is 240 g/mol. The molecule has 1 amide bonds. The van der Waals surface area contributed by atoms with Crippen LogP contribution in [0.4, 0.5) is 11.4 Å². The van der Waals surface area contributed by atoms with Gasteiger partial charge in [0, 0.05) is 35.4 Å². The number of hydrogen-bond acceptors (Lipinski definition) is 4. The van der Waals surface area contributed by atoms with Crippen LogP contribution in [0.25, 0.3) is 6.08 Å². The lowest BCUT2D eigenvalue weighted by Crippen LogP contribution is -2.09. The van der Waals surface area contributed by atoms with Crippen molar-refractivity contribution in [1.29, 1.82) is 0 Å². The number of carbonyl (C=O) groups is 1. The molecule has 2 rings (SSSR count). The second-order valence-electron chi connectivity index (χ2n) is 4.07. The van der Waals surface area contributed by atoms with Crippen LogP contribution < -0.4 is 11.1 Å². The second-order valence-corrected chi connectivity index (χ2v) is 4.07. The van der Waals surface area contributed by atoms with Gasteiger partial charge in [-0.1, -0.05) is 6.07 Å². The number of aryl methyl sites for hydroxylation is 1. The predicted octanol–water partition coefficient (Wildman–Crippen LogP) is 2.02. The minimum Gasteiger partial charge on any atom is -0.399 e. The highest BCUT2D eigenvalue weighted by Gasteiger charge is 2.02. The first-order valence-electron chi connectivity index (χ1n) is 5.75. The van der Waals surface area contributed by atoms with E-state index in [1.54, 1.807) is 30.6 Å². The maximum atomic E-state index is 11.8. The van der Waals surface area contributed by atoms with Gasteiger partial charge >= 0.3 is 0 Å². The van der Waals surface area contributed by atoms with Gasteiger partial charge in [0.05, 0.1) is 0 Å². The van der Waals surface area contributed by atoms with E-state index in [0.717, 1.165) is 11.1 Å². The molecule has 0 aliphatic rings. The zero-order chi connectivity index (χ0) is 13.7. The quantitative estimate of drug-likeness (QED) is 0.648. The molecule has 0 radical (unpaired) electrons. The fraction of sp³-hybridized carbons (Fsp3) is 0.0714. The summed E-state index contributed by atoms with van der Waals surface area (Å²) in [5.41, 5.74) is 8.73. The zero-order valence-corrected chi connectivity index (χ0v) is 10.5. The topological polar surface area (TPSA) is 80.9 Å². The predicted molar refractivity (Wildman–Crippen MR) is 75.3 cm³/mol. The molecule has 0 saturated heterocycles. The normalized spacial score (nSPS) is 10.6. The Labute approximate surface area is 111 Å². The molecule has 1 aromatic heterocycles. The summed E-state index contributed by atoms with van der Waals surface area (Å²) in [6.45, 7) is 1.91. The summed E-state index contributed by atoms with van der Waals surface area (Å²) >= 11 is 0. The van der Waals surface area contributed by atoms with E-state index < -0.39 is 0 Å². The number of nitrogen functional groups attached to an aromatic ring is 1. The minimum absolute atomic E-state index is 0.224. The largest absolute Gasteiger partial charge is 0.399 e. The van der Waals surface area contributed by atoms with E-state index in [1.165, 1.54) is 12.4 Å². The second kappa shape index (κ2) is 5.77. The van der Waals surface area contributed by atoms with Gasteiger partial charge in [-0.15, -0.1) is 0 Å². The standard InChI is InChI=1S/C14H14N4O/c1-10-2-4-12(15)6-13(10)18-14(19)5-3-11-7-16-9-17-8-11/h2-9H,15H2,1H3,(H,18,19)/b5-3-. The zero-order valence-electron chi connectivity index (χ0n) is 10.5. The van der Waals surface area contributed by atoms with E-state index in [2.05, 4.69) is 15.3 Å². The number of hydrogen-bond donors (Lipinski definition) is 2. The number of benzene rings is 1. The first-order valence-corrected chi connectivity index (χ1v) is 5.75. The van der Waals surface area contributed by atoms with Gasteiger partial charge in [0.15, 0.2) is 0 Å². The summed E-state index contributed by atoms with van der Waals surface area (Å²) in [5.74, 6) is -0.224. The highest BCUT2D eigenvalue weighted by molar-refractivity contribution is 6.02. The average Bonchev–Trinajstić information content (AvgIpc) is 2.42. The van der Waals surface area contributed by atoms with Crippen molar-refractivity contribution in [3.63, 3.8) is 0 Å². The van der Waals surface area contributed by atoms with Crippen molar-refractivity contribution < 1.29 is 4.79 Å². The van der Waals surface area contributed by atoms with E-state index in [4.69, 9.17) is 5.73 Å². The first-order chi connectivity index (χ1) is 9.15. The lowest BCUT2D eigenvalue weighted by molar-refractivity contribution is -0.111. The van der Waals surface area contributed by atoms with E-state index in [-0.39, 0.29) is 5.91 Å². The lowest BCUT2D eigenvalue weighted by atomic mass is 10.2. The van der Waals surface area contributed by atoms with Crippen LogP contribution in [0.2, 0.25) is 0 Å². The van der Waals surface area contributed by atoms with Crippen molar-refractivity contribution in [1.82, 2.24) is 9.97 Å². The van der Waals surface area contributed by atoms with E-state index >= 15 is 0 Å². The van der Waals surface area contributed by atoms with Crippen molar-refractivity contribution in [2.75, 3.05) is 11.1 Å². The van der Waals surface area contributed by atoms with Crippen LogP contribution in [-0.2, 0) is 4.79 Å². The number of amides is 1. The number of anilines is 2. The minimum atomic E-state index is -0.224. The first kappa shape index (κ1) is 12.8. The van der Waals surface area contributed by atoms with E-state index in [1.807, 2.05) is 13.0 Å². The monoisotopic (exact) mass is 254 g/mol. The van der Waals surface area contributed by atoms with Crippen molar-refractivity contribution in [2.24, 2.45) is 0 Å². The maximum Gasteiger partial charge on any atom is 0.248 e. The third-order valence-corrected chi connectivity index (χ3v) is 2.53. The van der Waals surface area contributed by atoms with Crippen LogP contribution >= 0.6 is 0 Å². The molecule has 3 N–H and O–H groups in total. The van der Waals surface area contributed by atoms with Gasteiger partial charge in [-0.25, -0.2) is 9.97 Å². The van der Waals surface area contributed by atoms with Gasteiger partial charge in [-0.05, 0) is 30.7 Å². The molecule has 0 unspecified atom stereocenters. The smallest absolute Gasteiger partial charge is 0.248 e. The third-order valence-electron chi connectivity index (χ3n) is 2.53. The Balaban J connectivity index is 2.06. The van der Waals surface area contributed by atoms with Crippen LogP contribution in [0.3, 0.4) is 0 Å². The fourth-order valence-corrected chi connectivity index (χ4v) is 1.52. The Bertz CT molecular complexity index is 608. The lowest BCUT2D eigenvalue weighted by Gasteiger charge is -2.07. The Hall–Kier alpha value is -2.69. The fourth-order valence-electron chi connectivity index (χ4n) is 1.52.